The highest BCUT2D eigenvalue weighted by Crippen LogP contribution is 2.62. The number of phenolic OH excluding ortho intramolecular Hbond substituents is 1. The molecule has 0 aromatic heterocycles. The third kappa shape index (κ3) is 3.79. The number of nitrogens with two attached hydrogens (primary N) is 2. The van der Waals surface area contributed by atoms with E-state index >= 15 is 0 Å². The molecular weight excluding hydrogens is 569 g/mol. The zero-order valence-electron chi connectivity index (χ0n) is 22.7. The number of ketones is 1. The number of allylic oxidation sites excluding steroid dienone is 1. The molecule has 4 unspecified atom stereocenters. The number of hydrogen-bond donors (Lipinski definition) is 5. The van der Waals surface area contributed by atoms with Gasteiger partial charge < -0.3 is 31.5 Å². The van der Waals surface area contributed by atoms with E-state index in [1.54, 1.807) is 50.2 Å². The number of rotatable bonds is 4. The number of carbonyl (C=O) groups is 2. The van der Waals surface area contributed by atoms with Crippen LogP contribution in [0.5, 0.6) is 5.75 Å². The Hall–Kier alpha value is -3.08. The molecule has 3 aliphatic carbocycles. The molecular formula is C30H31Cl2N3O6. The monoisotopic (exact) mass is 599 g/mol. The number of ether oxygens (including phenoxy) is 1. The van der Waals surface area contributed by atoms with Gasteiger partial charge in [-0.15, -0.1) is 0 Å². The van der Waals surface area contributed by atoms with E-state index in [-0.39, 0.29) is 40.5 Å². The number of epoxide rings is 1. The molecule has 1 amide bonds. The number of benzene rings is 2. The van der Waals surface area contributed by atoms with Crippen LogP contribution in [0.4, 0.5) is 0 Å². The number of hydrogen-bond acceptors (Lipinski definition) is 8. The number of aliphatic hydroxyl groups excluding tert-OH is 2. The summed E-state index contributed by atoms with van der Waals surface area (Å²) in [4.78, 5) is 28.7. The lowest BCUT2D eigenvalue weighted by Crippen LogP contribution is -2.56. The van der Waals surface area contributed by atoms with Gasteiger partial charge in [0.2, 0.25) is 0 Å². The second-order valence-corrected chi connectivity index (χ2v) is 12.4. The number of halogens is 2. The van der Waals surface area contributed by atoms with Gasteiger partial charge in [0.1, 0.15) is 22.9 Å². The fraction of sp³-hybridized carbons (Fsp3) is 0.400. The van der Waals surface area contributed by atoms with E-state index in [2.05, 4.69) is 0 Å². The highest BCUT2D eigenvalue weighted by atomic mass is 35.5. The minimum Gasteiger partial charge on any atom is -0.511 e. The van der Waals surface area contributed by atoms with Gasteiger partial charge in [-0.2, -0.15) is 0 Å². The third-order valence-corrected chi connectivity index (χ3v) is 10.1. The van der Waals surface area contributed by atoms with Crippen molar-refractivity contribution in [2.75, 3.05) is 14.1 Å². The lowest BCUT2D eigenvalue weighted by Gasteiger charge is -2.49. The molecule has 1 fully saturated rings. The predicted octanol–water partition coefficient (Wildman–Crippen LogP) is 4.03. The lowest BCUT2D eigenvalue weighted by molar-refractivity contribution is -0.116. The normalized spacial score (nSPS) is 30.4. The van der Waals surface area contributed by atoms with Gasteiger partial charge in [0.15, 0.2) is 5.78 Å². The van der Waals surface area contributed by atoms with Crippen LogP contribution in [0.25, 0.3) is 11.1 Å². The molecule has 11 heteroatoms. The fourth-order valence-electron chi connectivity index (χ4n) is 7.66. The molecule has 1 heterocycles. The molecule has 0 bridgehead atoms. The maximum atomic E-state index is 14.3. The van der Waals surface area contributed by atoms with Crippen LogP contribution in [0.2, 0.25) is 10.0 Å². The predicted molar refractivity (Wildman–Crippen MR) is 154 cm³/mol. The molecule has 2 aromatic rings. The largest absolute Gasteiger partial charge is 0.511 e. The summed E-state index contributed by atoms with van der Waals surface area (Å²) in [7, 11) is 3.55. The Bertz CT molecular complexity index is 1600. The van der Waals surface area contributed by atoms with E-state index in [4.69, 9.17) is 39.4 Å². The molecule has 9 nitrogen and oxygen atoms in total. The Morgan fingerprint density at radius 2 is 1.83 bits per heavy atom. The topological polar surface area (TPSA) is 163 Å². The quantitative estimate of drug-likeness (QED) is 0.329. The van der Waals surface area contributed by atoms with E-state index in [0.29, 0.717) is 45.1 Å². The molecule has 7 N–H and O–H groups in total. The van der Waals surface area contributed by atoms with Crippen molar-refractivity contribution in [2.45, 2.75) is 44.1 Å². The Kier molecular flexibility index (Phi) is 6.48. The second kappa shape index (κ2) is 9.47. The lowest BCUT2D eigenvalue weighted by atomic mass is 9.57. The molecule has 6 rings (SSSR count). The molecule has 1 aliphatic heterocycles. The number of likely N-dealkylation sites (N-methyl/N-ethyl adjacent to an activating group) is 1. The summed E-state index contributed by atoms with van der Waals surface area (Å²) >= 11 is 12.5. The standard InChI is InChI=1S/C30H31Cl2N3O6/c1-11-30(41-11)22-17(24(35(2)3)28(39)23(30)29(34)40)7-13-6-16-15(12-4-5-18(31)19(32)9-12)8-14(10-33)25(36)21(16)26(37)20(13)27(22)38/h4-5,8-9,11,13,17,22,24,36,38-39H,6-7,10,33H2,1-3H3,(H2,34,40)/t11?,13?,17?,22?,24-,30+/m1/s1. The number of nitrogens with zero attached hydrogens (tertiary/aromatic N) is 1. The van der Waals surface area contributed by atoms with Gasteiger partial charge >= 0.3 is 0 Å². The minimum atomic E-state index is -1.35. The van der Waals surface area contributed by atoms with Crippen molar-refractivity contribution in [2.24, 2.45) is 29.2 Å². The second-order valence-electron chi connectivity index (χ2n) is 11.6. The van der Waals surface area contributed by atoms with Crippen LogP contribution >= 0.6 is 23.2 Å². The molecule has 4 aliphatic rings. The van der Waals surface area contributed by atoms with Crippen molar-refractivity contribution < 1.29 is 29.6 Å². The van der Waals surface area contributed by atoms with E-state index < -0.39 is 47.2 Å². The summed E-state index contributed by atoms with van der Waals surface area (Å²) in [6.07, 6.45) is 0.215. The molecule has 1 saturated heterocycles. The van der Waals surface area contributed by atoms with Gasteiger partial charge in [-0.05, 0) is 80.6 Å². The number of amides is 1. The number of phenols is 1. The van der Waals surface area contributed by atoms with E-state index in [9.17, 15) is 24.9 Å². The minimum absolute atomic E-state index is 0.0229. The van der Waals surface area contributed by atoms with Crippen molar-refractivity contribution in [3.8, 4) is 16.9 Å². The average molecular weight is 600 g/mol. The zero-order valence-corrected chi connectivity index (χ0v) is 24.3. The van der Waals surface area contributed by atoms with Gasteiger partial charge in [-0.3, -0.25) is 14.5 Å². The number of Topliss-reactive ketones (excluding diaryl/α,β-unsaturated/α-hetero) is 1. The first-order chi connectivity index (χ1) is 19.3. The van der Waals surface area contributed by atoms with Crippen molar-refractivity contribution in [3.63, 3.8) is 0 Å². The Morgan fingerprint density at radius 1 is 1.15 bits per heavy atom. The van der Waals surface area contributed by atoms with E-state index in [1.807, 2.05) is 0 Å². The Morgan fingerprint density at radius 3 is 2.39 bits per heavy atom. The van der Waals surface area contributed by atoms with Crippen LogP contribution in [0.3, 0.4) is 0 Å². The van der Waals surface area contributed by atoms with Gasteiger partial charge in [0.05, 0.1) is 39.2 Å². The van der Waals surface area contributed by atoms with Crippen molar-refractivity contribution in [1.82, 2.24) is 4.90 Å². The van der Waals surface area contributed by atoms with E-state index in [0.717, 1.165) is 0 Å². The van der Waals surface area contributed by atoms with Crippen LogP contribution < -0.4 is 11.5 Å². The maximum Gasteiger partial charge on any atom is 0.251 e. The van der Waals surface area contributed by atoms with Gasteiger partial charge in [0, 0.05) is 17.7 Å². The Labute approximate surface area is 247 Å². The van der Waals surface area contributed by atoms with Crippen LogP contribution in [0.15, 0.2) is 46.9 Å². The molecule has 0 radical (unpaired) electrons. The van der Waals surface area contributed by atoms with Crippen molar-refractivity contribution in [1.29, 1.82) is 0 Å². The maximum absolute atomic E-state index is 14.3. The summed E-state index contributed by atoms with van der Waals surface area (Å²) in [6.45, 7) is 1.72. The molecule has 1 spiro atoms. The van der Waals surface area contributed by atoms with Crippen LogP contribution in [-0.4, -0.2) is 63.8 Å². The molecule has 6 atom stereocenters. The highest BCUT2D eigenvalue weighted by Gasteiger charge is 2.72. The number of primary amides is 1. The first-order valence-corrected chi connectivity index (χ1v) is 14.2. The number of fused-ring (bicyclic) bond motifs is 4. The third-order valence-electron chi connectivity index (χ3n) is 9.34. The van der Waals surface area contributed by atoms with Gasteiger partial charge in [0.25, 0.3) is 5.91 Å². The Balaban J connectivity index is 1.57. The summed E-state index contributed by atoms with van der Waals surface area (Å²) in [6, 6.07) is 6.27. The number of carbonyl (C=O) groups excluding carboxylic acids is 2. The highest BCUT2D eigenvalue weighted by molar-refractivity contribution is 6.42. The summed E-state index contributed by atoms with van der Waals surface area (Å²) < 4.78 is 5.97. The molecule has 41 heavy (non-hydrogen) atoms. The summed E-state index contributed by atoms with van der Waals surface area (Å²) in [5.41, 5.74) is 12.9. The van der Waals surface area contributed by atoms with Crippen LogP contribution in [0.1, 0.15) is 34.8 Å². The van der Waals surface area contributed by atoms with Gasteiger partial charge in [-0.1, -0.05) is 29.3 Å². The average Bonchev–Trinajstić information content (AvgIpc) is 3.54. The molecule has 216 valence electrons. The first-order valence-electron chi connectivity index (χ1n) is 13.4. The van der Waals surface area contributed by atoms with Gasteiger partial charge in [-0.25, -0.2) is 0 Å². The van der Waals surface area contributed by atoms with Crippen molar-refractivity contribution in [3.05, 3.63) is 73.7 Å². The fourth-order valence-corrected chi connectivity index (χ4v) is 7.96. The van der Waals surface area contributed by atoms with Crippen molar-refractivity contribution >= 4 is 34.9 Å². The first kappa shape index (κ1) is 28.1. The smallest absolute Gasteiger partial charge is 0.251 e. The summed E-state index contributed by atoms with van der Waals surface area (Å²) in [5, 5.41) is 35.2. The number of aliphatic hydroxyl groups is 2. The zero-order chi connectivity index (χ0) is 29.7. The SMILES string of the molecule is CC1O[C@@]12C(C(N)=O)=C(O)[C@H](N(C)C)C1CC3Cc4c(-c5ccc(Cl)c(Cl)c5)cc(CN)c(O)c4C(=O)C3=C(O)C12. The summed E-state index contributed by atoms with van der Waals surface area (Å²) in [5.74, 6) is -3.57. The van der Waals surface area contributed by atoms with E-state index in [1.165, 1.54) is 0 Å². The van der Waals surface area contributed by atoms with Crippen LogP contribution in [0, 0.1) is 17.8 Å². The van der Waals surface area contributed by atoms with Crippen LogP contribution in [-0.2, 0) is 22.5 Å². The number of aromatic hydroxyl groups is 1. The molecule has 2 aromatic carbocycles. The molecule has 0 saturated carbocycles.